The molecule has 0 spiro atoms. The van der Waals surface area contributed by atoms with Crippen LogP contribution in [0, 0.1) is 5.82 Å². The van der Waals surface area contributed by atoms with Crippen LogP contribution in [0.1, 0.15) is 43.3 Å². The molecule has 1 saturated carbocycles. The summed E-state index contributed by atoms with van der Waals surface area (Å²) in [4.78, 5) is 11.0. The van der Waals surface area contributed by atoms with Crippen molar-refractivity contribution in [2.24, 2.45) is 7.05 Å². The molecule has 2 aromatic heterocycles. The Labute approximate surface area is 140 Å². The Kier molecular flexibility index (Phi) is 4.18. The minimum Gasteiger partial charge on any atom is -0.471 e. The highest BCUT2D eigenvalue weighted by Crippen LogP contribution is 2.38. The quantitative estimate of drug-likeness (QED) is 0.841. The average molecular weight is 331 g/mol. The fourth-order valence-electron chi connectivity index (χ4n) is 3.16. The van der Waals surface area contributed by atoms with E-state index in [2.05, 4.69) is 20.0 Å². The van der Waals surface area contributed by atoms with Crippen molar-refractivity contribution >= 4 is 0 Å². The van der Waals surface area contributed by atoms with Gasteiger partial charge in [-0.25, -0.2) is 14.4 Å². The first kappa shape index (κ1) is 15.5. The van der Waals surface area contributed by atoms with Gasteiger partial charge in [-0.2, -0.15) is 5.10 Å². The molecule has 3 heterocycles. The Balaban J connectivity index is 1.39. The minimum atomic E-state index is -0.406. The van der Waals surface area contributed by atoms with Crippen molar-refractivity contribution in [3.05, 3.63) is 35.8 Å². The topological polar surface area (TPSA) is 56.1 Å². The Morgan fingerprint density at radius 1 is 1.33 bits per heavy atom. The van der Waals surface area contributed by atoms with Gasteiger partial charge in [0.2, 0.25) is 0 Å². The minimum absolute atomic E-state index is 0.0423. The highest BCUT2D eigenvalue weighted by Gasteiger charge is 2.29. The maximum absolute atomic E-state index is 13.7. The van der Waals surface area contributed by atoms with Crippen LogP contribution in [0.15, 0.2) is 18.3 Å². The average Bonchev–Trinajstić information content (AvgIpc) is 3.36. The van der Waals surface area contributed by atoms with Crippen molar-refractivity contribution in [3.8, 4) is 5.88 Å². The summed E-state index contributed by atoms with van der Waals surface area (Å²) in [5, 5.41) is 4.52. The van der Waals surface area contributed by atoms with Gasteiger partial charge in [0.05, 0.1) is 6.54 Å². The lowest BCUT2D eigenvalue weighted by Crippen LogP contribution is -2.41. The van der Waals surface area contributed by atoms with Crippen LogP contribution in [-0.2, 0) is 13.6 Å². The molecule has 1 unspecified atom stereocenters. The molecule has 128 valence electrons. The van der Waals surface area contributed by atoms with Crippen molar-refractivity contribution < 1.29 is 9.13 Å². The molecule has 4 rings (SSSR count). The summed E-state index contributed by atoms with van der Waals surface area (Å²) in [5.74, 6) is 2.22. The highest BCUT2D eigenvalue weighted by molar-refractivity contribution is 5.13. The summed E-state index contributed by atoms with van der Waals surface area (Å²) >= 11 is 0. The van der Waals surface area contributed by atoms with Crippen LogP contribution in [0.25, 0.3) is 0 Å². The van der Waals surface area contributed by atoms with E-state index in [9.17, 15) is 4.39 Å². The fraction of sp³-hybridized carbons (Fsp3) is 0.588. The van der Waals surface area contributed by atoms with E-state index >= 15 is 0 Å². The van der Waals surface area contributed by atoms with Gasteiger partial charge in [-0.1, -0.05) is 0 Å². The highest BCUT2D eigenvalue weighted by atomic mass is 19.1. The van der Waals surface area contributed by atoms with E-state index in [4.69, 9.17) is 4.74 Å². The van der Waals surface area contributed by atoms with E-state index in [-0.39, 0.29) is 12.0 Å². The first-order chi connectivity index (χ1) is 11.7. The van der Waals surface area contributed by atoms with Crippen LogP contribution >= 0.6 is 0 Å². The molecule has 0 amide bonds. The molecule has 1 saturated heterocycles. The molecular weight excluding hydrogens is 309 g/mol. The SMILES string of the molecule is Cn1nc(C2CC2)nc1CN1CCCC(Oc2ncccc2F)C1. The largest absolute Gasteiger partial charge is 0.471 e. The van der Waals surface area contributed by atoms with Crippen molar-refractivity contribution in [3.63, 3.8) is 0 Å². The Hall–Kier alpha value is -2.02. The zero-order valence-corrected chi connectivity index (χ0v) is 13.9. The number of ether oxygens (including phenoxy) is 1. The fourth-order valence-corrected chi connectivity index (χ4v) is 3.16. The van der Waals surface area contributed by atoms with Crippen molar-refractivity contribution in [2.75, 3.05) is 13.1 Å². The van der Waals surface area contributed by atoms with E-state index in [0.717, 1.165) is 44.1 Å². The summed E-state index contributed by atoms with van der Waals surface area (Å²) in [5.41, 5.74) is 0. The maximum Gasteiger partial charge on any atom is 0.250 e. The van der Waals surface area contributed by atoms with Crippen molar-refractivity contribution in [1.82, 2.24) is 24.6 Å². The zero-order valence-electron chi connectivity index (χ0n) is 13.9. The number of likely N-dealkylation sites (tertiary alicyclic amines) is 1. The molecule has 7 heteroatoms. The van der Waals surface area contributed by atoms with Crippen LogP contribution in [0.2, 0.25) is 0 Å². The molecule has 2 aliphatic rings. The lowest BCUT2D eigenvalue weighted by molar-refractivity contribution is 0.0754. The van der Waals surface area contributed by atoms with E-state index in [1.165, 1.54) is 18.9 Å². The first-order valence-electron chi connectivity index (χ1n) is 8.58. The van der Waals surface area contributed by atoms with E-state index < -0.39 is 5.82 Å². The molecular formula is C17H22FN5O. The number of halogens is 1. The normalized spacial score (nSPS) is 21.8. The predicted octanol–water partition coefficient (Wildman–Crippen LogP) is 2.27. The molecule has 1 aliphatic carbocycles. The number of aryl methyl sites for hydroxylation is 1. The van der Waals surface area contributed by atoms with Gasteiger partial charge in [-0.05, 0) is 44.4 Å². The molecule has 0 radical (unpaired) electrons. The molecule has 0 aromatic carbocycles. The van der Waals surface area contributed by atoms with Crippen LogP contribution < -0.4 is 4.74 Å². The van der Waals surface area contributed by atoms with Crippen LogP contribution in [-0.4, -0.2) is 43.8 Å². The Bertz CT molecular complexity index is 715. The molecule has 0 N–H and O–H groups in total. The van der Waals surface area contributed by atoms with Crippen LogP contribution in [0.3, 0.4) is 0 Å². The molecule has 24 heavy (non-hydrogen) atoms. The smallest absolute Gasteiger partial charge is 0.250 e. The molecule has 2 aromatic rings. The van der Waals surface area contributed by atoms with Gasteiger partial charge >= 0.3 is 0 Å². The number of hydrogen-bond donors (Lipinski definition) is 0. The third-order valence-corrected chi connectivity index (χ3v) is 4.64. The molecule has 0 bridgehead atoms. The third-order valence-electron chi connectivity index (χ3n) is 4.64. The van der Waals surface area contributed by atoms with Crippen LogP contribution in [0.5, 0.6) is 5.88 Å². The number of hydrogen-bond acceptors (Lipinski definition) is 5. The summed E-state index contributed by atoms with van der Waals surface area (Å²) < 4.78 is 21.4. The third kappa shape index (κ3) is 3.40. The number of rotatable bonds is 5. The lowest BCUT2D eigenvalue weighted by atomic mass is 10.1. The second-order valence-corrected chi connectivity index (χ2v) is 6.69. The molecule has 1 aliphatic heterocycles. The summed E-state index contributed by atoms with van der Waals surface area (Å²) in [6.07, 6.45) is 5.86. The number of pyridine rings is 1. The van der Waals surface area contributed by atoms with Gasteiger partial charge in [0.25, 0.3) is 5.88 Å². The monoisotopic (exact) mass is 331 g/mol. The van der Waals surface area contributed by atoms with E-state index in [1.54, 1.807) is 12.3 Å². The summed E-state index contributed by atoms with van der Waals surface area (Å²) in [6, 6.07) is 2.95. The van der Waals surface area contributed by atoms with Gasteiger partial charge in [-0.15, -0.1) is 0 Å². The van der Waals surface area contributed by atoms with Crippen molar-refractivity contribution in [1.29, 1.82) is 0 Å². The van der Waals surface area contributed by atoms with Gasteiger partial charge in [0.1, 0.15) is 11.9 Å². The lowest BCUT2D eigenvalue weighted by Gasteiger charge is -2.32. The second kappa shape index (κ2) is 6.47. The van der Waals surface area contributed by atoms with Crippen molar-refractivity contribution in [2.45, 2.75) is 44.2 Å². The standard InChI is InChI=1S/C17H22FN5O/c1-22-15(20-16(21-22)12-6-7-12)11-23-9-3-4-13(10-23)24-17-14(18)5-2-8-19-17/h2,5,8,12-13H,3-4,6-7,9-11H2,1H3. The molecule has 6 nitrogen and oxygen atoms in total. The zero-order chi connectivity index (χ0) is 16.5. The second-order valence-electron chi connectivity index (χ2n) is 6.69. The Morgan fingerprint density at radius 3 is 3.00 bits per heavy atom. The predicted molar refractivity (Wildman–Crippen MR) is 86.1 cm³/mol. The first-order valence-corrected chi connectivity index (χ1v) is 8.58. The summed E-state index contributed by atoms with van der Waals surface area (Å²) in [6.45, 7) is 2.50. The molecule has 2 fully saturated rings. The van der Waals surface area contributed by atoms with E-state index in [0.29, 0.717) is 5.92 Å². The van der Waals surface area contributed by atoms with E-state index in [1.807, 2.05) is 11.7 Å². The number of aromatic nitrogens is 4. The van der Waals surface area contributed by atoms with Crippen LogP contribution in [0.4, 0.5) is 4.39 Å². The Morgan fingerprint density at radius 2 is 2.21 bits per heavy atom. The van der Waals surface area contributed by atoms with Gasteiger partial charge < -0.3 is 4.74 Å². The van der Waals surface area contributed by atoms with Gasteiger partial charge in [0, 0.05) is 25.7 Å². The summed E-state index contributed by atoms with van der Waals surface area (Å²) in [7, 11) is 1.95. The number of piperidine rings is 1. The number of nitrogens with zero attached hydrogens (tertiary/aromatic N) is 5. The maximum atomic E-state index is 13.7. The van der Waals surface area contributed by atoms with Gasteiger partial charge in [0.15, 0.2) is 11.6 Å². The molecule has 1 atom stereocenters. The van der Waals surface area contributed by atoms with Gasteiger partial charge in [-0.3, -0.25) is 9.58 Å².